The van der Waals surface area contributed by atoms with Crippen LogP contribution >= 0.6 is 0 Å². The third-order valence-electron chi connectivity index (χ3n) is 6.08. The quantitative estimate of drug-likeness (QED) is 0.705. The van der Waals surface area contributed by atoms with E-state index in [1.54, 1.807) is 0 Å². The topological polar surface area (TPSA) is 54.3 Å². The molecule has 1 aliphatic carbocycles. The van der Waals surface area contributed by atoms with Crippen LogP contribution < -0.4 is 4.90 Å². The number of hydrogen-bond acceptors (Lipinski definition) is 4. The van der Waals surface area contributed by atoms with Crippen LogP contribution in [0.4, 0.5) is 5.82 Å². The summed E-state index contributed by atoms with van der Waals surface area (Å²) in [4.78, 5) is 17.1. The lowest BCUT2D eigenvalue weighted by molar-refractivity contribution is -0.130. The Balaban J connectivity index is 1.24. The molecule has 144 valence electrons. The average Bonchev–Trinajstić information content (AvgIpc) is 3.32. The van der Waals surface area contributed by atoms with Crippen LogP contribution in [0.5, 0.6) is 0 Å². The lowest BCUT2D eigenvalue weighted by atomic mass is 10.1. The second kappa shape index (κ2) is 6.93. The molecule has 0 unspecified atom stereocenters. The number of anilines is 1. The van der Waals surface area contributed by atoms with Crippen molar-refractivity contribution in [2.24, 2.45) is 7.05 Å². The number of aromatic nitrogens is 3. The molecule has 0 spiro atoms. The number of para-hydroxylation sites is 1. The molecule has 0 saturated carbocycles. The van der Waals surface area contributed by atoms with Crippen LogP contribution in [0, 0.1) is 0 Å². The molecule has 1 aliphatic heterocycles. The third-order valence-corrected chi connectivity index (χ3v) is 6.08. The summed E-state index contributed by atoms with van der Waals surface area (Å²) in [5.74, 6) is 1.16. The zero-order valence-electron chi connectivity index (χ0n) is 16.3. The Morgan fingerprint density at radius 3 is 2.75 bits per heavy atom. The molecule has 1 fully saturated rings. The summed E-state index contributed by atoms with van der Waals surface area (Å²) in [6.07, 6.45) is 5.89. The fraction of sp³-hybridized carbons (Fsp3) is 0.409. The highest BCUT2D eigenvalue weighted by atomic mass is 16.2. The summed E-state index contributed by atoms with van der Waals surface area (Å²) in [5.41, 5.74) is 4.78. The van der Waals surface area contributed by atoms with E-state index < -0.39 is 0 Å². The molecule has 2 aromatic heterocycles. The summed E-state index contributed by atoms with van der Waals surface area (Å²) < 4.78 is 2.10. The Labute approximate surface area is 164 Å². The van der Waals surface area contributed by atoms with Gasteiger partial charge in [0.2, 0.25) is 5.91 Å². The summed E-state index contributed by atoms with van der Waals surface area (Å²) >= 11 is 0. The molecule has 2 aliphatic rings. The summed E-state index contributed by atoms with van der Waals surface area (Å²) in [5, 5.41) is 9.99. The normalized spacial score (nSPS) is 16.6. The number of benzene rings is 1. The second-order valence-electron chi connectivity index (χ2n) is 7.86. The van der Waals surface area contributed by atoms with Crippen LogP contribution in [0.2, 0.25) is 0 Å². The van der Waals surface area contributed by atoms with Gasteiger partial charge in [0, 0.05) is 50.3 Å². The lowest BCUT2D eigenvalue weighted by Crippen LogP contribution is -2.49. The van der Waals surface area contributed by atoms with Gasteiger partial charge >= 0.3 is 0 Å². The zero-order valence-corrected chi connectivity index (χ0v) is 16.3. The van der Waals surface area contributed by atoms with Crippen molar-refractivity contribution in [1.29, 1.82) is 0 Å². The maximum atomic E-state index is 12.9. The van der Waals surface area contributed by atoms with Crippen molar-refractivity contribution >= 4 is 22.6 Å². The Morgan fingerprint density at radius 1 is 1.07 bits per heavy atom. The smallest absolute Gasteiger partial charge is 0.227 e. The standard InChI is InChI=1S/C22H25N5O/c1-25-15-17(18-6-2-3-8-20(18)25)14-22(28)27-11-9-26(10-12-27)21-13-16-5-4-7-19(16)23-24-21/h2-3,6,8,13,15H,4-5,7,9-12,14H2,1H3. The molecule has 0 N–H and O–H groups in total. The van der Waals surface area contributed by atoms with Gasteiger partial charge in [0.1, 0.15) is 0 Å². The molecule has 3 aromatic rings. The summed E-state index contributed by atoms with van der Waals surface area (Å²) in [6.45, 7) is 3.11. The number of carbonyl (C=O) groups is 1. The fourth-order valence-corrected chi connectivity index (χ4v) is 4.50. The van der Waals surface area contributed by atoms with Gasteiger partial charge in [-0.2, -0.15) is 5.10 Å². The van der Waals surface area contributed by atoms with E-state index in [2.05, 4.69) is 44.1 Å². The monoisotopic (exact) mass is 375 g/mol. The number of carbonyl (C=O) groups excluding carboxylic acids is 1. The van der Waals surface area contributed by atoms with Crippen molar-refractivity contribution in [3.8, 4) is 0 Å². The minimum atomic E-state index is 0.205. The average molecular weight is 375 g/mol. The van der Waals surface area contributed by atoms with Gasteiger partial charge in [0.25, 0.3) is 0 Å². The van der Waals surface area contributed by atoms with E-state index in [9.17, 15) is 4.79 Å². The van der Waals surface area contributed by atoms with Crippen molar-refractivity contribution in [1.82, 2.24) is 19.7 Å². The minimum absolute atomic E-state index is 0.205. The highest BCUT2D eigenvalue weighted by molar-refractivity contribution is 5.89. The van der Waals surface area contributed by atoms with E-state index in [0.717, 1.165) is 56.1 Å². The lowest BCUT2D eigenvalue weighted by Gasteiger charge is -2.35. The zero-order chi connectivity index (χ0) is 19.1. The maximum absolute atomic E-state index is 12.9. The molecule has 1 aromatic carbocycles. The third kappa shape index (κ3) is 3.03. The molecule has 6 heteroatoms. The first-order valence-electron chi connectivity index (χ1n) is 10.1. The molecule has 28 heavy (non-hydrogen) atoms. The number of aryl methyl sites for hydroxylation is 3. The number of piperazine rings is 1. The Hall–Kier alpha value is -2.89. The molecule has 0 bridgehead atoms. The number of hydrogen-bond donors (Lipinski definition) is 0. The van der Waals surface area contributed by atoms with Crippen LogP contribution in [0.25, 0.3) is 10.9 Å². The highest BCUT2D eigenvalue weighted by Gasteiger charge is 2.24. The van der Waals surface area contributed by atoms with Crippen molar-refractivity contribution in [3.63, 3.8) is 0 Å². The van der Waals surface area contributed by atoms with Crippen molar-refractivity contribution in [2.75, 3.05) is 31.1 Å². The van der Waals surface area contributed by atoms with Crippen molar-refractivity contribution in [2.45, 2.75) is 25.7 Å². The summed E-state index contributed by atoms with van der Waals surface area (Å²) in [6, 6.07) is 10.5. The van der Waals surface area contributed by atoms with E-state index in [-0.39, 0.29) is 5.91 Å². The van der Waals surface area contributed by atoms with Crippen LogP contribution in [0.1, 0.15) is 23.2 Å². The maximum Gasteiger partial charge on any atom is 0.227 e. The van der Waals surface area contributed by atoms with Crippen LogP contribution in [-0.2, 0) is 31.1 Å². The van der Waals surface area contributed by atoms with Gasteiger partial charge in [0.05, 0.1) is 12.1 Å². The number of nitrogens with zero attached hydrogens (tertiary/aromatic N) is 5. The molecule has 1 amide bonds. The van der Waals surface area contributed by atoms with Gasteiger partial charge in [-0.1, -0.05) is 18.2 Å². The molecule has 6 nitrogen and oxygen atoms in total. The van der Waals surface area contributed by atoms with Gasteiger partial charge in [0.15, 0.2) is 5.82 Å². The molecule has 0 radical (unpaired) electrons. The Bertz CT molecular complexity index is 1030. The van der Waals surface area contributed by atoms with Crippen LogP contribution in [0.15, 0.2) is 36.5 Å². The highest BCUT2D eigenvalue weighted by Crippen LogP contribution is 2.24. The van der Waals surface area contributed by atoms with E-state index in [0.29, 0.717) is 6.42 Å². The first kappa shape index (κ1) is 17.2. The Kier molecular flexibility index (Phi) is 4.26. The van der Waals surface area contributed by atoms with Crippen molar-refractivity contribution < 1.29 is 4.79 Å². The van der Waals surface area contributed by atoms with Gasteiger partial charge in [-0.05, 0) is 42.5 Å². The van der Waals surface area contributed by atoms with E-state index in [1.165, 1.54) is 22.9 Å². The molecule has 0 atom stereocenters. The van der Waals surface area contributed by atoms with Gasteiger partial charge in [-0.25, -0.2) is 0 Å². The molecule has 3 heterocycles. The summed E-state index contributed by atoms with van der Waals surface area (Å²) in [7, 11) is 2.03. The SMILES string of the molecule is Cn1cc(CC(=O)N2CCN(c3cc4c(nn3)CCC4)CC2)c2ccccc21. The first-order valence-corrected chi connectivity index (χ1v) is 10.1. The Morgan fingerprint density at radius 2 is 1.89 bits per heavy atom. The van der Waals surface area contributed by atoms with Gasteiger partial charge < -0.3 is 14.4 Å². The number of amides is 1. The largest absolute Gasteiger partial charge is 0.352 e. The predicted octanol–water partition coefficient (Wildman–Crippen LogP) is 2.35. The molecular weight excluding hydrogens is 350 g/mol. The second-order valence-corrected chi connectivity index (χ2v) is 7.86. The molecule has 5 rings (SSSR count). The van der Waals surface area contributed by atoms with E-state index in [1.807, 2.05) is 24.1 Å². The fourth-order valence-electron chi connectivity index (χ4n) is 4.50. The number of rotatable bonds is 3. The van der Waals surface area contributed by atoms with Crippen molar-refractivity contribution in [3.05, 3.63) is 53.3 Å². The van der Waals surface area contributed by atoms with Gasteiger partial charge in [-0.15, -0.1) is 5.10 Å². The van der Waals surface area contributed by atoms with Gasteiger partial charge in [-0.3, -0.25) is 4.79 Å². The van der Waals surface area contributed by atoms with E-state index in [4.69, 9.17) is 0 Å². The van der Waals surface area contributed by atoms with E-state index >= 15 is 0 Å². The molecule has 1 saturated heterocycles. The molecular formula is C22H25N5O. The van der Waals surface area contributed by atoms with Crippen LogP contribution in [-0.4, -0.2) is 51.8 Å². The first-order chi connectivity index (χ1) is 13.7. The van der Waals surface area contributed by atoms with Crippen LogP contribution in [0.3, 0.4) is 0 Å². The minimum Gasteiger partial charge on any atom is -0.352 e. The number of fused-ring (bicyclic) bond motifs is 2. The predicted molar refractivity (Wildman–Crippen MR) is 109 cm³/mol.